The van der Waals surface area contributed by atoms with Crippen molar-refractivity contribution in [3.8, 4) is 0 Å². The number of unbranched alkanes of at least 4 members (excludes halogenated alkanes) is 1. The first-order chi connectivity index (χ1) is 17.2. The number of rotatable bonds is 6. The molecule has 6 rings (SSSR count). The molecule has 0 bridgehead atoms. The van der Waals surface area contributed by atoms with Gasteiger partial charge in [0.1, 0.15) is 5.82 Å². The minimum atomic E-state index is -0.609. The summed E-state index contributed by atoms with van der Waals surface area (Å²) in [4.78, 5) is 32.8. The minimum Gasteiger partial charge on any atom is -0.353 e. The smallest absolute Gasteiger partial charge is 0.240 e. The number of carbonyl (C=O) groups excluding carboxylic acids is 2. The van der Waals surface area contributed by atoms with Crippen LogP contribution in [0.1, 0.15) is 43.2 Å². The third kappa shape index (κ3) is 4.04. The minimum absolute atomic E-state index is 0.0100. The van der Waals surface area contributed by atoms with E-state index in [1.807, 2.05) is 12.1 Å². The SMILES string of the molecule is O=C1CC2(CCCc3ccccc32)C(=O)N1CCCCN1CCN(c2nsc3ccccc23)CC1. The molecule has 6 nitrogen and oxygen atoms in total. The van der Waals surface area contributed by atoms with Crippen LogP contribution in [0.2, 0.25) is 0 Å². The highest BCUT2D eigenvalue weighted by Crippen LogP contribution is 2.45. The Hall–Kier alpha value is -2.77. The molecule has 2 fully saturated rings. The standard InChI is InChI=1S/C28H32N4O2S/c33-25-20-28(13-7-9-21-8-1-3-11-23(21)28)27(34)32(25)15-6-5-14-30-16-18-31(19-17-30)26-22-10-2-4-12-24(22)35-29-26/h1-4,8,10-12H,5-7,9,13-20H2. The van der Waals surface area contributed by atoms with Gasteiger partial charge in [-0.15, -0.1) is 0 Å². The molecule has 35 heavy (non-hydrogen) atoms. The van der Waals surface area contributed by atoms with Crippen LogP contribution in [0.4, 0.5) is 5.82 Å². The highest BCUT2D eigenvalue weighted by Gasteiger charge is 2.53. The maximum Gasteiger partial charge on any atom is 0.240 e. The Bertz CT molecular complexity index is 1250. The molecule has 0 radical (unpaired) electrons. The maximum absolute atomic E-state index is 13.5. The van der Waals surface area contributed by atoms with E-state index in [4.69, 9.17) is 4.37 Å². The van der Waals surface area contributed by atoms with Crippen LogP contribution in [0.25, 0.3) is 10.1 Å². The summed E-state index contributed by atoms with van der Waals surface area (Å²) in [6.45, 7) is 5.57. The van der Waals surface area contributed by atoms with E-state index in [0.717, 1.165) is 76.2 Å². The highest BCUT2D eigenvalue weighted by atomic mass is 32.1. The lowest BCUT2D eigenvalue weighted by molar-refractivity contribution is -0.140. The van der Waals surface area contributed by atoms with Crippen molar-refractivity contribution < 1.29 is 9.59 Å². The summed E-state index contributed by atoms with van der Waals surface area (Å²) >= 11 is 1.58. The van der Waals surface area contributed by atoms with Gasteiger partial charge in [-0.3, -0.25) is 19.4 Å². The molecule has 1 spiro atoms. The fourth-order valence-corrected chi connectivity index (χ4v) is 7.04. The largest absolute Gasteiger partial charge is 0.353 e. The Kier molecular flexibility index (Phi) is 6.06. The van der Waals surface area contributed by atoms with Gasteiger partial charge in [-0.05, 0) is 73.4 Å². The van der Waals surface area contributed by atoms with Crippen LogP contribution in [0.3, 0.4) is 0 Å². The van der Waals surface area contributed by atoms with Crippen LogP contribution < -0.4 is 4.90 Å². The van der Waals surface area contributed by atoms with Gasteiger partial charge in [-0.1, -0.05) is 36.4 Å². The molecule has 182 valence electrons. The number of aryl methyl sites for hydroxylation is 1. The molecule has 1 atom stereocenters. The second-order valence-electron chi connectivity index (χ2n) is 10.2. The highest BCUT2D eigenvalue weighted by molar-refractivity contribution is 7.13. The summed E-state index contributed by atoms with van der Waals surface area (Å²) in [5.74, 6) is 1.17. The molecule has 2 amide bonds. The monoisotopic (exact) mass is 488 g/mol. The lowest BCUT2D eigenvalue weighted by Crippen LogP contribution is -2.47. The first-order valence-corrected chi connectivity index (χ1v) is 13.7. The molecule has 7 heteroatoms. The van der Waals surface area contributed by atoms with Gasteiger partial charge >= 0.3 is 0 Å². The summed E-state index contributed by atoms with van der Waals surface area (Å²) < 4.78 is 5.95. The molecule has 3 heterocycles. The van der Waals surface area contributed by atoms with E-state index in [1.165, 1.54) is 15.6 Å². The van der Waals surface area contributed by atoms with Crippen molar-refractivity contribution in [2.24, 2.45) is 0 Å². The molecule has 1 aliphatic carbocycles. The van der Waals surface area contributed by atoms with E-state index in [-0.39, 0.29) is 11.8 Å². The molecule has 0 N–H and O–H groups in total. The molecule has 0 saturated carbocycles. The van der Waals surface area contributed by atoms with Crippen molar-refractivity contribution >= 4 is 39.3 Å². The Morgan fingerprint density at radius 1 is 0.914 bits per heavy atom. The normalized spacial score (nSPS) is 23.0. The van der Waals surface area contributed by atoms with Gasteiger partial charge in [0, 0.05) is 44.5 Å². The van der Waals surface area contributed by atoms with Gasteiger partial charge in [-0.25, -0.2) is 0 Å². The molecule has 1 aromatic heterocycles. The summed E-state index contributed by atoms with van der Waals surface area (Å²) in [6.07, 6.45) is 4.99. The zero-order valence-corrected chi connectivity index (χ0v) is 20.9. The van der Waals surface area contributed by atoms with Gasteiger partial charge < -0.3 is 4.90 Å². The number of imide groups is 1. The molecular weight excluding hydrogens is 456 g/mol. The van der Waals surface area contributed by atoms with E-state index >= 15 is 0 Å². The van der Waals surface area contributed by atoms with Crippen molar-refractivity contribution in [3.05, 3.63) is 59.7 Å². The van der Waals surface area contributed by atoms with Crippen molar-refractivity contribution in [1.82, 2.24) is 14.2 Å². The lowest BCUT2D eigenvalue weighted by Gasteiger charge is -2.35. The predicted molar refractivity (Wildman–Crippen MR) is 140 cm³/mol. The summed E-state index contributed by atoms with van der Waals surface area (Å²) in [5, 5.41) is 1.25. The Balaban J connectivity index is 1.00. The van der Waals surface area contributed by atoms with Crippen molar-refractivity contribution in [2.75, 3.05) is 44.2 Å². The summed E-state index contributed by atoms with van der Waals surface area (Å²) in [5.41, 5.74) is 1.73. The quantitative estimate of drug-likeness (QED) is 0.384. The van der Waals surface area contributed by atoms with Crippen LogP contribution in [0.5, 0.6) is 0 Å². The molecular formula is C28H32N4O2S. The topological polar surface area (TPSA) is 56.8 Å². The van der Waals surface area contributed by atoms with Crippen molar-refractivity contribution in [1.29, 1.82) is 0 Å². The van der Waals surface area contributed by atoms with Gasteiger partial charge in [-0.2, -0.15) is 4.37 Å². The lowest BCUT2D eigenvalue weighted by atomic mass is 9.69. The molecule has 3 aromatic rings. The van der Waals surface area contributed by atoms with Crippen LogP contribution in [-0.2, 0) is 21.4 Å². The zero-order valence-electron chi connectivity index (χ0n) is 20.1. The van der Waals surface area contributed by atoms with Gasteiger partial charge in [0.2, 0.25) is 11.8 Å². The van der Waals surface area contributed by atoms with E-state index in [2.05, 4.69) is 46.2 Å². The van der Waals surface area contributed by atoms with Crippen LogP contribution in [0.15, 0.2) is 48.5 Å². The average molecular weight is 489 g/mol. The fraction of sp³-hybridized carbons (Fsp3) is 0.464. The van der Waals surface area contributed by atoms with E-state index in [0.29, 0.717) is 13.0 Å². The number of carbonyl (C=O) groups is 2. The Labute approximate surface area is 210 Å². The number of hydrogen-bond donors (Lipinski definition) is 0. The molecule has 2 saturated heterocycles. The second kappa shape index (κ2) is 9.36. The molecule has 1 unspecified atom stereocenters. The van der Waals surface area contributed by atoms with Gasteiger partial charge in [0.25, 0.3) is 0 Å². The number of aromatic nitrogens is 1. The molecule has 2 aliphatic heterocycles. The zero-order chi connectivity index (χ0) is 23.8. The number of nitrogens with zero attached hydrogens (tertiary/aromatic N) is 4. The van der Waals surface area contributed by atoms with Gasteiger partial charge in [0.05, 0.1) is 10.1 Å². The van der Waals surface area contributed by atoms with E-state index < -0.39 is 5.41 Å². The molecule has 3 aliphatic rings. The van der Waals surface area contributed by atoms with Crippen molar-refractivity contribution in [3.63, 3.8) is 0 Å². The first-order valence-electron chi connectivity index (χ1n) is 12.9. The maximum atomic E-state index is 13.5. The van der Waals surface area contributed by atoms with Crippen LogP contribution >= 0.6 is 11.5 Å². The molecule has 2 aromatic carbocycles. The van der Waals surface area contributed by atoms with Crippen molar-refractivity contribution in [2.45, 2.75) is 43.9 Å². The summed E-state index contributed by atoms with van der Waals surface area (Å²) in [7, 11) is 0. The van der Waals surface area contributed by atoms with Crippen LogP contribution in [0, 0.1) is 0 Å². The number of amides is 2. The van der Waals surface area contributed by atoms with E-state index in [9.17, 15) is 9.59 Å². The average Bonchev–Trinajstić information content (AvgIpc) is 3.42. The van der Waals surface area contributed by atoms with E-state index in [1.54, 1.807) is 16.4 Å². The number of piperazine rings is 1. The number of benzene rings is 2. The Morgan fingerprint density at radius 3 is 2.57 bits per heavy atom. The Morgan fingerprint density at radius 2 is 1.69 bits per heavy atom. The summed E-state index contributed by atoms with van der Waals surface area (Å²) in [6, 6.07) is 16.7. The first kappa shape index (κ1) is 22.7. The predicted octanol–water partition coefficient (Wildman–Crippen LogP) is 4.23. The van der Waals surface area contributed by atoms with Crippen LogP contribution in [-0.4, -0.2) is 65.3 Å². The number of likely N-dealkylation sites (tertiary alicyclic amines) is 1. The third-order valence-corrected chi connectivity index (χ3v) is 8.94. The number of fused-ring (bicyclic) bond motifs is 3. The third-order valence-electron chi connectivity index (χ3n) is 8.13. The number of anilines is 1. The fourth-order valence-electron chi connectivity index (χ4n) is 6.24. The second-order valence-corrected chi connectivity index (χ2v) is 11.0. The number of hydrogen-bond acceptors (Lipinski definition) is 6. The van der Waals surface area contributed by atoms with Gasteiger partial charge in [0.15, 0.2) is 0 Å².